The Morgan fingerprint density at radius 2 is 2.00 bits per heavy atom. The fourth-order valence-electron chi connectivity index (χ4n) is 1.04. The molecule has 1 aromatic rings. The maximum absolute atomic E-state index is 12.3. The van der Waals surface area contributed by atoms with Gasteiger partial charge in [-0.2, -0.15) is 0 Å². The lowest BCUT2D eigenvalue weighted by atomic mass is 10.2. The summed E-state index contributed by atoms with van der Waals surface area (Å²) in [7, 11) is 0. The minimum atomic E-state index is -5.39. The Hall–Kier alpha value is -2.20. The second-order valence-electron chi connectivity index (χ2n) is 2.81. The van der Waals surface area contributed by atoms with Gasteiger partial charge >= 0.3 is 12.0 Å². The molecule has 1 heterocycles. The van der Waals surface area contributed by atoms with Crippen molar-refractivity contribution in [2.45, 2.75) is 12.8 Å². The summed E-state index contributed by atoms with van der Waals surface area (Å²) in [4.78, 5) is 11.7. The monoisotopic (exact) mass is 274 g/mol. The Morgan fingerprint density at radius 3 is 2.39 bits per heavy atom. The highest BCUT2D eigenvalue weighted by Gasteiger charge is 2.39. The van der Waals surface area contributed by atoms with Crippen molar-refractivity contribution in [3.8, 4) is 11.5 Å². The molecular weight excluding hydrogens is 271 g/mol. The average Bonchev–Trinajstić information content (AvgIpc) is 2.17. The van der Waals surface area contributed by atoms with Gasteiger partial charge in [-0.25, -0.2) is 13.8 Å². The highest BCUT2D eigenvalue weighted by atomic mass is 19.4. The number of halogens is 5. The normalized spacial score (nSPS) is 11.7. The standard InChI is InChI=1S/C7H3F5N2O4/c8-6(9)3-4(14(16)17)5(2(15)1-13-3)18-7(10,11)12/h1,6,15H. The van der Waals surface area contributed by atoms with Crippen LogP contribution in [0.4, 0.5) is 27.6 Å². The van der Waals surface area contributed by atoms with E-state index < -0.39 is 40.6 Å². The first-order chi connectivity index (χ1) is 8.13. The summed E-state index contributed by atoms with van der Waals surface area (Å²) in [6.07, 6.45) is -8.68. The van der Waals surface area contributed by atoms with Crippen LogP contribution in [-0.4, -0.2) is 21.4 Å². The number of ether oxygens (including phenoxy) is 1. The van der Waals surface area contributed by atoms with E-state index in [2.05, 4.69) is 9.72 Å². The predicted octanol–water partition coefficient (Wildman–Crippen LogP) is 2.53. The molecular formula is C7H3F5N2O4. The van der Waals surface area contributed by atoms with Crippen LogP contribution in [0.2, 0.25) is 0 Å². The van der Waals surface area contributed by atoms with Gasteiger partial charge in [0.05, 0.1) is 11.1 Å². The molecule has 0 aliphatic rings. The lowest BCUT2D eigenvalue weighted by Gasteiger charge is -2.11. The number of pyridine rings is 1. The molecule has 0 saturated carbocycles. The van der Waals surface area contributed by atoms with Crippen LogP contribution in [0.3, 0.4) is 0 Å². The number of rotatable bonds is 3. The SMILES string of the molecule is O=[N+]([O-])c1c(C(F)F)ncc(O)c1OC(F)(F)F. The van der Waals surface area contributed by atoms with Crippen LogP contribution >= 0.6 is 0 Å². The summed E-state index contributed by atoms with van der Waals surface area (Å²) >= 11 is 0. The highest BCUT2D eigenvalue weighted by molar-refractivity contribution is 5.57. The molecule has 6 nitrogen and oxygen atoms in total. The smallest absolute Gasteiger partial charge is 0.503 e. The molecule has 1 rings (SSSR count). The van der Waals surface area contributed by atoms with Crippen LogP contribution in [0, 0.1) is 10.1 Å². The molecule has 0 saturated heterocycles. The molecule has 0 radical (unpaired) electrons. The van der Waals surface area contributed by atoms with Crippen molar-refractivity contribution in [2.75, 3.05) is 0 Å². The van der Waals surface area contributed by atoms with Crippen LogP contribution in [0.25, 0.3) is 0 Å². The van der Waals surface area contributed by atoms with E-state index in [1.807, 2.05) is 0 Å². The number of nitrogens with zero attached hydrogens (tertiary/aromatic N) is 2. The zero-order chi connectivity index (χ0) is 14.1. The van der Waals surface area contributed by atoms with E-state index in [9.17, 15) is 32.1 Å². The van der Waals surface area contributed by atoms with Crippen molar-refractivity contribution in [1.29, 1.82) is 0 Å². The molecule has 0 fully saturated rings. The zero-order valence-electron chi connectivity index (χ0n) is 8.11. The molecule has 1 N–H and O–H groups in total. The Morgan fingerprint density at radius 1 is 1.44 bits per heavy atom. The molecule has 0 unspecified atom stereocenters. The summed E-state index contributed by atoms with van der Waals surface area (Å²) in [5, 5.41) is 19.4. The minimum Gasteiger partial charge on any atom is -0.503 e. The number of alkyl halides is 5. The fraction of sp³-hybridized carbons (Fsp3) is 0.286. The third kappa shape index (κ3) is 2.93. The van der Waals surface area contributed by atoms with Crippen molar-refractivity contribution in [1.82, 2.24) is 4.98 Å². The summed E-state index contributed by atoms with van der Waals surface area (Å²) in [5.74, 6) is -3.10. The second kappa shape index (κ2) is 4.58. The number of hydrogen-bond acceptors (Lipinski definition) is 5. The fourth-order valence-corrected chi connectivity index (χ4v) is 1.04. The van der Waals surface area contributed by atoms with Gasteiger partial charge in [-0.05, 0) is 0 Å². The molecule has 0 aliphatic heterocycles. The average molecular weight is 274 g/mol. The molecule has 0 spiro atoms. The maximum Gasteiger partial charge on any atom is 0.573 e. The molecule has 0 bridgehead atoms. The molecule has 100 valence electrons. The molecule has 0 atom stereocenters. The molecule has 11 heteroatoms. The lowest BCUT2D eigenvalue weighted by Crippen LogP contribution is -2.18. The molecule has 0 aliphatic carbocycles. The van der Waals surface area contributed by atoms with Crippen LogP contribution in [0.15, 0.2) is 6.20 Å². The Kier molecular flexibility index (Phi) is 3.53. The lowest BCUT2D eigenvalue weighted by molar-refractivity contribution is -0.390. The largest absolute Gasteiger partial charge is 0.573 e. The van der Waals surface area contributed by atoms with Gasteiger partial charge in [-0.15, -0.1) is 13.2 Å². The maximum atomic E-state index is 12.3. The van der Waals surface area contributed by atoms with Gasteiger partial charge in [0.25, 0.3) is 12.2 Å². The number of aromatic nitrogens is 1. The van der Waals surface area contributed by atoms with Crippen molar-refractivity contribution in [3.05, 3.63) is 22.0 Å². The summed E-state index contributed by atoms with van der Waals surface area (Å²) in [6, 6.07) is 0. The second-order valence-corrected chi connectivity index (χ2v) is 2.81. The third-order valence-electron chi connectivity index (χ3n) is 1.62. The molecule has 0 amide bonds. The molecule has 18 heavy (non-hydrogen) atoms. The third-order valence-corrected chi connectivity index (χ3v) is 1.62. The Labute approximate surface area is 94.8 Å². The molecule has 0 aromatic carbocycles. The van der Waals surface area contributed by atoms with Crippen LogP contribution in [-0.2, 0) is 0 Å². The van der Waals surface area contributed by atoms with Crippen molar-refractivity contribution in [3.63, 3.8) is 0 Å². The summed E-state index contributed by atoms with van der Waals surface area (Å²) in [5.41, 5.74) is -3.26. The van der Waals surface area contributed by atoms with E-state index in [4.69, 9.17) is 5.11 Å². The van der Waals surface area contributed by atoms with Crippen molar-refractivity contribution in [2.24, 2.45) is 0 Å². The first-order valence-corrected chi connectivity index (χ1v) is 4.03. The Bertz CT molecular complexity index is 476. The van der Waals surface area contributed by atoms with Gasteiger partial charge in [0.1, 0.15) is 0 Å². The first-order valence-electron chi connectivity index (χ1n) is 4.03. The van der Waals surface area contributed by atoms with E-state index in [1.165, 1.54) is 0 Å². The molecule has 1 aromatic heterocycles. The van der Waals surface area contributed by atoms with Gasteiger partial charge in [-0.3, -0.25) is 10.1 Å². The number of nitro groups is 1. The van der Waals surface area contributed by atoms with Gasteiger partial charge in [0.2, 0.25) is 0 Å². The Balaban J connectivity index is 3.46. The number of aromatic hydroxyl groups is 1. The van der Waals surface area contributed by atoms with E-state index in [0.29, 0.717) is 0 Å². The van der Waals surface area contributed by atoms with E-state index in [1.54, 1.807) is 0 Å². The van der Waals surface area contributed by atoms with Gasteiger partial charge in [0.15, 0.2) is 11.4 Å². The predicted molar refractivity (Wildman–Crippen MR) is 44.2 cm³/mol. The zero-order valence-corrected chi connectivity index (χ0v) is 8.11. The highest BCUT2D eigenvalue weighted by Crippen LogP contribution is 2.43. The van der Waals surface area contributed by atoms with Gasteiger partial charge in [-0.1, -0.05) is 0 Å². The van der Waals surface area contributed by atoms with Gasteiger partial charge < -0.3 is 9.84 Å². The summed E-state index contributed by atoms with van der Waals surface area (Å²) < 4.78 is 63.6. The number of hydrogen-bond donors (Lipinski definition) is 1. The topological polar surface area (TPSA) is 85.5 Å². The van der Waals surface area contributed by atoms with Crippen LogP contribution in [0.5, 0.6) is 11.5 Å². The first kappa shape index (κ1) is 13.9. The van der Waals surface area contributed by atoms with E-state index >= 15 is 0 Å². The van der Waals surface area contributed by atoms with Crippen LogP contribution < -0.4 is 4.74 Å². The van der Waals surface area contributed by atoms with Crippen molar-refractivity contribution < 1.29 is 36.7 Å². The van der Waals surface area contributed by atoms with E-state index in [0.717, 1.165) is 0 Å². The van der Waals surface area contributed by atoms with E-state index in [-0.39, 0.29) is 6.20 Å². The minimum absolute atomic E-state index is 0.204. The van der Waals surface area contributed by atoms with Gasteiger partial charge in [0, 0.05) is 0 Å². The summed E-state index contributed by atoms with van der Waals surface area (Å²) in [6.45, 7) is 0. The quantitative estimate of drug-likeness (QED) is 0.520. The van der Waals surface area contributed by atoms with Crippen LogP contribution in [0.1, 0.15) is 12.1 Å². The van der Waals surface area contributed by atoms with Crippen molar-refractivity contribution >= 4 is 5.69 Å².